The fourth-order valence-electron chi connectivity index (χ4n) is 4.05. The Morgan fingerprint density at radius 1 is 1.14 bits per heavy atom. The van der Waals surface area contributed by atoms with Gasteiger partial charge in [-0.1, -0.05) is 25.0 Å². The minimum absolute atomic E-state index is 0.0111. The lowest BCUT2D eigenvalue weighted by molar-refractivity contribution is 0.0119. The molecule has 2 aromatic carbocycles. The normalized spacial score (nSPS) is 14.5. The number of benzene rings is 2. The van der Waals surface area contributed by atoms with Gasteiger partial charge in [-0.05, 0) is 61.7 Å². The Morgan fingerprint density at radius 2 is 1.86 bits per heavy atom. The average Bonchev–Trinajstić information content (AvgIpc) is 3.49. The minimum atomic E-state index is -3.11. The summed E-state index contributed by atoms with van der Waals surface area (Å²) >= 11 is 0. The molecule has 0 unspecified atom stereocenters. The zero-order chi connectivity index (χ0) is 25.0. The molecule has 4 rings (SSSR count). The molecule has 1 aliphatic rings. The van der Waals surface area contributed by atoms with Crippen LogP contribution < -0.4 is 10.6 Å². The summed E-state index contributed by atoms with van der Waals surface area (Å²) in [6, 6.07) is 16.9. The first kappa shape index (κ1) is 24.1. The predicted molar refractivity (Wildman–Crippen MR) is 131 cm³/mol. The first-order valence-electron chi connectivity index (χ1n) is 11.4. The van der Waals surface area contributed by atoms with Crippen LogP contribution in [0.25, 0.3) is 0 Å². The second-order valence-electron chi connectivity index (χ2n) is 8.76. The van der Waals surface area contributed by atoms with E-state index in [2.05, 4.69) is 20.7 Å². The van der Waals surface area contributed by atoms with E-state index in [0.717, 1.165) is 38.2 Å². The van der Waals surface area contributed by atoms with Gasteiger partial charge in [0.1, 0.15) is 11.5 Å². The molecule has 35 heavy (non-hydrogen) atoms. The molecule has 0 saturated heterocycles. The monoisotopic (exact) mass is 476 g/mol. The SMILES string of the molecule is Cc1cccc(N/C(=N/C(=O)c2ccc(C#N)cc2)Nc2cc(C(C)(F)F)nn2C2CCCC2)c1. The highest BCUT2D eigenvalue weighted by atomic mass is 19.3. The smallest absolute Gasteiger partial charge is 0.288 e. The highest BCUT2D eigenvalue weighted by Crippen LogP contribution is 2.35. The summed E-state index contributed by atoms with van der Waals surface area (Å²) in [5.41, 5.74) is 2.04. The van der Waals surface area contributed by atoms with Gasteiger partial charge < -0.3 is 10.6 Å². The fraction of sp³-hybridized carbons (Fsp3) is 0.308. The molecular formula is C26H26F2N6O. The van der Waals surface area contributed by atoms with Gasteiger partial charge in [-0.15, -0.1) is 0 Å². The molecule has 180 valence electrons. The molecule has 1 aliphatic carbocycles. The average molecular weight is 477 g/mol. The lowest BCUT2D eigenvalue weighted by Crippen LogP contribution is -2.26. The van der Waals surface area contributed by atoms with Gasteiger partial charge >= 0.3 is 0 Å². The summed E-state index contributed by atoms with van der Waals surface area (Å²) in [5, 5.41) is 19.3. The molecule has 0 aliphatic heterocycles. The molecular weight excluding hydrogens is 450 g/mol. The Balaban J connectivity index is 1.70. The lowest BCUT2D eigenvalue weighted by atomic mass is 10.1. The van der Waals surface area contributed by atoms with Crippen LogP contribution >= 0.6 is 0 Å². The summed E-state index contributed by atoms with van der Waals surface area (Å²) in [4.78, 5) is 17.1. The van der Waals surface area contributed by atoms with Gasteiger partial charge in [0.15, 0.2) is 0 Å². The number of nitrogens with zero attached hydrogens (tertiary/aromatic N) is 4. The molecule has 0 atom stereocenters. The number of carbonyl (C=O) groups is 1. The summed E-state index contributed by atoms with van der Waals surface area (Å²) in [6.45, 7) is 2.74. The Bertz CT molecular complexity index is 1280. The number of guanidine groups is 1. The molecule has 0 radical (unpaired) electrons. The number of hydrogen-bond acceptors (Lipinski definition) is 3. The van der Waals surface area contributed by atoms with E-state index in [1.54, 1.807) is 4.68 Å². The third-order valence-electron chi connectivity index (χ3n) is 5.86. The van der Waals surface area contributed by atoms with Crippen LogP contribution in [0.5, 0.6) is 0 Å². The van der Waals surface area contributed by atoms with E-state index in [9.17, 15) is 13.6 Å². The summed E-state index contributed by atoms with van der Waals surface area (Å²) in [6.07, 6.45) is 3.68. The van der Waals surface area contributed by atoms with E-state index < -0.39 is 11.8 Å². The van der Waals surface area contributed by atoms with Gasteiger partial charge in [-0.3, -0.25) is 4.79 Å². The third-order valence-corrected chi connectivity index (χ3v) is 5.86. The quantitative estimate of drug-likeness (QED) is 0.347. The van der Waals surface area contributed by atoms with E-state index in [1.807, 2.05) is 37.3 Å². The highest BCUT2D eigenvalue weighted by molar-refractivity contribution is 6.11. The zero-order valence-electron chi connectivity index (χ0n) is 19.6. The highest BCUT2D eigenvalue weighted by Gasteiger charge is 2.31. The molecule has 1 saturated carbocycles. The van der Waals surface area contributed by atoms with Crippen LogP contribution in [0.4, 0.5) is 20.3 Å². The van der Waals surface area contributed by atoms with Crippen LogP contribution in [0.15, 0.2) is 59.6 Å². The van der Waals surface area contributed by atoms with Crippen molar-refractivity contribution in [2.75, 3.05) is 10.6 Å². The molecule has 2 N–H and O–H groups in total. The Morgan fingerprint density at radius 3 is 2.49 bits per heavy atom. The van der Waals surface area contributed by atoms with Crippen molar-refractivity contribution < 1.29 is 13.6 Å². The predicted octanol–water partition coefficient (Wildman–Crippen LogP) is 6.01. The van der Waals surface area contributed by atoms with E-state index in [0.29, 0.717) is 22.6 Å². The van der Waals surface area contributed by atoms with Crippen molar-refractivity contribution in [1.82, 2.24) is 9.78 Å². The Kier molecular flexibility index (Phi) is 6.92. The van der Waals surface area contributed by atoms with Gasteiger partial charge in [0.25, 0.3) is 11.8 Å². The number of aryl methyl sites for hydroxylation is 1. The van der Waals surface area contributed by atoms with Crippen LogP contribution in [-0.2, 0) is 5.92 Å². The van der Waals surface area contributed by atoms with E-state index in [1.165, 1.54) is 30.3 Å². The van der Waals surface area contributed by atoms with E-state index in [-0.39, 0.29) is 17.7 Å². The molecule has 1 aromatic heterocycles. The Hall–Kier alpha value is -4.06. The first-order chi connectivity index (χ1) is 16.7. The Labute approximate surface area is 202 Å². The number of carbonyl (C=O) groups excluding carboxylic acids is 1. The van der Waals surface area contributed by atoms with Crippen molar-refractivity contribution >= 4 is 23.4 Å². The summed E-state index contributed by atoms with van der Waals surface area (Å²) in [7, 11) is 0. The van der Waals surface area contributed by atoms with E-state index in [4.69, 9.17) is 5.26 Å². The number of anilines is 2. The maximum absolute atomic E-state index is 14.1. The molecule has 7 nitrogen and oxygen atoms in total. The standard InChI is InChI=1S/C26H26F2N6O/c1-17-6-5-7-20(14-17)30-25(32-24(35)19-12-10-18(16-29)11-13-19)31-23-15-22(26(2,27)28)33-34(23)21-8-3-4-9-21/h5-7,10-15,21H,3-4,8-9H2,1-2H3,(H2,30,31,32,35). The van der Waals surface area contributed by atoms with Crippen molar-refractivity contribution in [1.29, 1.82) is 5.26 Å². The topological polar surface area (TPSA) is 95.1 Å². The number of hydrogen-bond donors (Lipinski definition) is 2. The lowest BCUT2D eigenvalue weighted by Gasteiger charge is -2.17. The largest absolute Gasteiger partial charge is 0.326 e. The maximum atomic E-state index is 14.1. The third kappa shape index (κ3) is 5.90. The van der Waals surface area contributed by atoms with Crippen molar-refractivity contribution in [3.05, 3.63) is 77.0 Å². The van der Waals surface area contributed by atoms with Gasteiger partial charge in [0.05, 0.1) is 17.7 Å². The summed E-state index contributed by atoms with van der Waals surface area (Å²) in [5.74, 6) is -3.25. The van der Waals surface area contributed by atoms with Crippen LogP contribution in [0.3, 0.4) is 0 Å². The fourth-order valence-corrected chi connectivity index (χ4v) is 4.05. The summed E-state index contributed by atoms with van der Waals surface area (Å²) < 4.78 is 29.8. The number of aromatic nitrogens is 2. The van der Waals surface area contributed by atoms with E-state index >= 15 is 0 Å². The second-order valence-corrected chi connectivity index (χ2v) is 8.76. The van der Waals surface area contributed by atoms with Crippen molar-refractivity contribution in [2.45, 2.75) is 51.5 Å². The minimum Gasteiger partial charge on any atom is -0.326 e. The van der Waals surface area contributed by atoms with Gasteiger partial charge in [0.2, 0.25) is 5.96 Å². The molecule has 0 spiro atoms. The molecule has 3 aromatic rings. The number of amides is 1. The number of aliphatic imine (C=N–C) groups is 1. The van der Waals surface area contributed by atoms with Crippen molar-refractivity contribution in [3.63, 3.8) is 0 Å². The molecule has 1 fully saturated rings. The van der Waals surface area contributed by atoms with Crippen LogP contribution in [0.2, 0.25) is 0 Å². The number of nitrogens with one attached hydrogen (secondary N) is 2. The van der Waals surface area contributed by atoms with Gasteiger partial charge in [-0.25, -0.2) is 4.68 Å². The van der Waals surface area contributed by atoms with Crippen LogP contribution in [0, 0.1) is 18.3 Å². The van der Waals surface area contributed by atoms with Crippen LogP contribution in [-0.4, -0.2) is 21.6 Å². The second kappa shape index (κ2) is 10.1. The maximum Gasteiger partial charge on any atom is 0.288 e. The van der Waals surface area contributed by atoms with Crippen molar-refractivity contribution in [2.24, 2.45) is 4.99 Å². The van der Waals surface area contributed by atoms with Crippen molar-refractivity contribution in [3.8, 4) is 6.07 Å². The zero-order valence-corrected chi connectivity index (χ0v) is 19.6. The number of rotatable bonds is 5. The number of halogens is 2. The molecule has 1 amide bonds. The first-order valence-corrected chi connectivity index (χ1v) is 11.4. The molecule has 0 bridgehead atoms. The number of nitriles is 1. The van der Waals surface area contributed by atoms with Gasteiger partial charge in [0, 0.05) is 24.2 Å². The van der Waals surface area contributed by atoms with Crippen LogP contribution in [0.1, 0.15) is 65.8 Å². The number of alkyl halides is 2. The van der Waals surface area contributed by atoms with Gasteiger partial charge in [-0.2, -0.15) is 24.1 Å². The molecule has 9 heteroatoms. The molecule has 1 heterocycles.